The van der Waals surface area contributed by atoms with Crippen LogP contribution < -0.4 is 14.2 Å². The first-order chi connectivity index (χ1) is 30.2. The van der Waals surface area contributed by atoms with E-state index in [4.69, 9.17) is 23.7 Å². The fraction of sp³-hybridized carbons (Fsp3) is 0.205. The quantitative estimate of drug-likeness (QED) is 0.0856. The van der Waals surface area contributed by atoms with Gasteiger partial charge in [0, 0.05) is 64.9 Å². The summed E-state index contributed by atoms with van der Waals surface area (Å²) < 4.78 is 30.0. The van der Waals surface area contributed by atoms with Gasteiger partial charge in [0.15, 0.2) is 41.0 Å². The number of aromatic hydroxyl groups is 11. The number of benzene rings is 5. The number of aliphatic hydroxyl groups is 1. The largest absolute Gasteiger partial charge is 0.508 e. The molecule has 5 aromatic rings. The van der Waals surface area contributed by atoms with E-state index in [2.05, 4.69) is 0 Å². The van der Waals surface area contributed by atoms with Gasteiger partial charge in [-0.2, -0.15) is 0 Å². The lowest BCUT2D eigenvalue weighted by molar-refractivity contribution is -0.163. The highest BCUT2D eigenvalue weighted by molar-refractivity contribution is 6.03. The normalized spacial score (nSPS) is 22.7. The predicted molar refractivity (Wildman–Crippen MR) is 210 cm³/mol. The number of hydrogen-bond acceptors (Lipinski definition) is 20. The van der Waals surface area contributed by atoms with Crippen molar-refractivity contribution in [3.8, 4) is 80.5 Å². The van der Waals surface area contributed by atoms with Crippen LogP contribution in [0.15, 0.2) is 66.2 Å². The van der Waals surface area contributed by atoms with Gasteiger partial charge in [0.1, 0.15) is 58.2 Å². The van der Waals surface area contributed by atoms with Crippen LogP contribution in [0.3, 0.4) is 0 Å². The number of fused-ring (bicyclic) bond motifs is 5. The zero-order valence-electron chi connectivity index (χ0n) is 32.7. The van der Waals surface area contributed by atoms with Crippen LogP contribution >= 0.6 is 0 Å². The average molecular weight is 883 g/mol. The van der Waals surface area contributed by atoms with Gasteiger partial charge in [-0.25, -0.2) is 9.59 Å². The van der Waals surface area contributed by atoms with Crippen molar-refractivity contribution in [1.82, 2.24) is 0 Å². The zero-order valence-corrected chi connectivity index (χ0v) is 32.7. The molecule has 0 amide bonds. The van der Waals surface area contributed by atoms with Gasteiger partial charge in [0.2, 0.25) is 11.5 Å². The summed E-state index contributed by atoms with van der Waals surface area (Å²) in [7, 11) is 0. The first-order valence-electron chi connectivity index (χ1n) is 19.1. The van der Waals surface area contributed by atoms with Gasteiger partial charge in [-0.15, -0.1) is 0 Å². The maximum Gasteiger partial charge on any atom is 0.338 e. The van der Waals surface area contributed by atoms with Crippen molar-refractivity contribution in [3.05, 3.63) is 105 Å². The van der Waals surface area contributed by atoms with E-state index in [1.807, 2.05) is 0 Å². The number of hydrogen-bond donors (Lipinski definition) is 12. The minimum atomic E-state index is -2.93. The van der Waals surface area contributed by atoms with Crippen LogP contribution in [0.4, 0.5) is 0 Å². The van der Waals surface area contributed by atoms with Crippen molar-refractivity contribution in [1.29, 1.82) is 0 Å². The Morgan fingerprint density at radius 1 is 0.609 bits per heavy atom. The lowest BCUT2D eigenvalue weighted by Gasteiger charge is -2.37. The molecule has 5 aromatic carbocycles. The van der Waals surface area contributed by atoms with Crippen molar-refractivity contribution in [3.63, 3.8) is 0 Å². The Labute approximate surface area is 358 Å². The molecule has 0 fully saturated rings. The molecular weight excluding hydrogens is 848 g/mol. The van der Waals surface area contributed by atoms with E-state index >= 15 is 0 Å². The average Bonchev–Trinajstić information content (AvgIpc) is 3.68. The molecule has 0 saturated carbocycles. The van der Waals surface area contributed by atoms with Gasteiger partial charge >= 0.3 is 11.9 Å². The Morgan fingerprint density at radius 2 is 1.08 bits per heavy atom. The van der Waals surface area contributed by atoms with Crippen molar-refractivity contribution >= 4 is 17.7 Å². The summed E-state index contributed by atoms with van der Waals surface area (Å²) >= 11 is 0. The summed E-state index contributed by atoms with van der Waals surface area (Å²) in [5.41, 5.74) is -1.41. The van der Waals surface area contributed by atoms with Crippen molar-refractivity contribution < 1.29 is 99.3 Å². The Balaban J connectivity index is 1.18. The van der Waals surface area contributed by atoms with Crippen molar-refractivity contribution in [2.75, 3.05) is 0 Å². The Kier molecular flexibility index (Phi) is 9.19. The molecule has 330 valence electrons. The van der Waals surface area contributed by atoms with E-state index in [9.17, 15) is 75.7 Å². The molecule has 2 unspecified atom stereocenters. The van der Waals surface area contributed by atoms with Crippen LogP contribution in [0, 0.1) is 6.92 Å². The van der Waals surface area contributed by atoms with Crippen LogP contribution in [0.2, 0.25) is 0 Å². The Morgan fingerprint density at radius 3 is 1.61 bits per heavy atom. The number of rotatable bonds is 6. The summed E-state index contributed by atoms with van der Waals surface area (Å²) in [6, 6.07) is 8.79. The van der Waals surface area contributed by atoms with E-state index in [1.54, 1.807) is 0 Å². The lowest BCUT2D eigenvalue weighted by Crippen LogP contribution is -2.46. The molecule has 0 spiro atoms. The minimum Gasteiger partial charge on any atom is -0.508 e. The van der Waals surface area contributed by atoms with E-state index < -0.39 is 135 Å². The third-order valence-corrected chi connectivity index (χ3v) is 11.6. The summed E-state index contributed by atoms with van der Waals surface area (Å²) in [5, 5.41) is 128. The molecule has 3 heterocycles. The third kappa shape index (κ3) is 6.37. The highest BCUT2D eigenvalue weighted by atomic mass is 16.6. The van der Waals surface area contributed by atoms with Gasteiger partial charge in [-0.1, -0.05) is 0 Å². The molecule has 0 radical (unpaired) electrons. The molecule has 12 N–H and O–H groups in total. The van der Waals surface area contributed by atoms with Crippen molar-refractivity contribution in [2.24, 2.45) is 0 Å². The molecule has 0 bridgehead atoms. The van der Waals surface area contributed by atoms with E-state index in [0.717, 1.165) is 60.7 Å². The van der Waals surface area contributed by atoms with Crippen LogP contribution in [-0.2, 0) is 27.1 Å². The van der Waals surface area contributed by atoms with E-state index in [1.165, 1.54) is 6.92 Å². The fourth-order valence-electron chi connectivity index (χ4n) is 8.47. The number of ketones is 1. The maximum absolute atomic E-state index is 14.0. The second-order valence-electron chi connectivity index (χ2n) is 15.6. The van der Waals surface area contributed by atoms with Crippen molar-refractivity contribution in [2.45, 2.75) is 55.9 Å². The number of phenolic OH excluding ortho intramolecular Hbond substituents is 11. The summed E-state index contributed by atoms with van der Waals surface area (Å²) in [4.78, 5) is 41.3. The van der Waals surface area contributed by atoms with Gasteiger partial charge < -0.3 is 85.0 Å². The number of esters is 2. The molecule has 0 saturated heterocycles. The standard InChI is InChI=1S/C44H34O20/c1-14-23(47)2-15(3-24(14)48)42(57)62-32-11-19-25(49)6-17(45)8-30(19)60-39(32)21-10-29(53)38(56)41-35(21)36-22(13-34(54)44(36,59)64-41)40-33(12-20-26(50)7-18(46)9-31(20)61-40)63-43(58)16-4-27(51)37(55)28(52)5-16/h2-10,13,32-33,36,39-40,45-53,55-56,59H,11-12H2,1H3/t32-,33-,36?,39-,40-,44?/m1/s1. The molecular formula is C44H34O20. The topological polar surface area (TPSA) is 340 Å². The first kappa shape index (κ1) is 41.0. The molecule has 1 aliphatic carbocycles. The first-order valence-corrected chi connectivity index (χ1v) is 19.1. The number of carbonyl (C=O) groups excluding carboxylic acids is 3. The molecule has 6 atom stereocenters. The van der Waals surface area contributed by atoms with E-state index in [0.29, 0.717) is 0 Å². The monoisotopic (exact) mass is 882 g/mol. The molecule has 64 heavy (non-hydrogen) atoms. The van der Waals surface area contributed by atoms with Crippen LogP contribution in [-0.4, -0.2) is 103 Å². The number of carbonyl (C=O) groups is 3. The summed E-state index contributed by atoms with van der Waals surface area (Å²) in [6.07, 6.45) is -6.22. The minimum absolute atomic E-state index is 0.00964. The molecule has 20 nitrogen and oxygen atoms in total. The van der Waals surface area contributed by atoms with E-state index in [-0.39, 0.29) is 56.9 Å². The molecule has 20 heteroatoms. The smallest absolute Gasteiger partial charge is 0.338 e. The Hall–Kier alpha value is -8.39. The second kappa shape index (κ2) is 14.3. The highest BCUT2D eigenvalue weighted by Crippen LogP contribution is 2.61. The maximum atomic E-state index is 14.0. The fourth-order valence-corrected chi connectivity index (χ4v) is 8.47. The SMILES string of the molecule is Cc1c(O)cc(C(=O)O[C@@H]2Cc3c(O)cc(O)cc3O[C@@H]2c2cc(O)c(O)c3c2C2C([C@H]4Oc5cc(O)cc(O)c5C[C@H]4OC(=O)c4cc(O)c(O)c(O)c4)=CC(=O)C2(O)O3)cc1O. The van der Waals surface area contributed by atoms with Gasteiger partial charge in [-0.05, 0) is 48.9 Å². The van der Waals surface area contributed by atoms with Gasteiger partial charge in [0.05, 0.1) is 17.0 Å². The molecule has 3 aliphatic heterocycles. The van der Waals surface area contributed by atoms with Crippen LogP contribution in [0.25, 0.3) is 0 Å². The summed E-state index contributed by atoms with van der Waals surface area (Å²) in [5.74, 6) is -16.5. The Bertz CT molecular complexity index is 2870. The van der Waals surface area contributed by atoms with Crippen LogP contribution in [0.1, 0.15) is 60.6 Å². The van der Waals surface area contributed by atoms with Gasteiger partial charge in [0.25, 0.3) is 5.79 Å². The zero-order chi connectivity index (χ0) is 45.8. The third-order valence-electron chi connectivity index (χ3n) is 11.6. The highest BCUT2D eigenvalue weighted by Gasteiger charge is 2.63. The number of phenols is 11. The van der Waals surface area contributed by atoms with Gasteiger partial charge in [-0.3, -0.25) is 4.79 Å². The summed E-state index contributed by atoms with van der Waals surface area (Å²) in [6.45, 7) is 1.39. The molecule has 9 rings (SSSR count). The number of ether oxygens (including phenoxy) is 5. The molecule has 4 aliphatic rings. The molecule has 0 aromatic heterocycles. The second-order valence-corrected chi connectivity index (χ2v) is 15.6. The lowest BCUT2D eigenvalue weighted by atomic mass is 9.79. The van der Waals surface area contributed by atoms with Crippen LogP contribution in [0.5, 0.6) is 80.5 Å². The predicted octanol–water partition coefficient (Wildman–Crippen LogP) is 3.56.